The Bertz CT molecular complexity index is 1300. The van der Waals surface area contributed by atoms with Crippen molar-refractivity contribution in [1.29, 1.82) is 0 Å². The number of hydrogen-bond donors (Lipinski definition) is 1. The number of carbonyl (C=O) groups excluding carboxylic acids is 1. The van der Waals surface area contributed by atoms with Crippen LogP contribution in [0.4, 0.5) is 13.9 Å². The molecule has 0 aliphatic rings. The van der Waals surface area contributed by atoms with Crippen molar-refractivity contribution in [1.82, 2.24) is 14.8 Å². The second-order valence-electron chi connectivity index (χ2n) is 6.14. The van der Waals surface area contributed by atoms with Crippen molar-refractivity contribution in [2.45, 2.75) is 13.5 Å². The zero-order valence-corrected chi connectivity index (χ0v) is 16.0. The Kier molecular flexibility index (Phi) is 4.89. The number of aromatic nitrogens is 3. The van der Waals surface area contributed by atoms with Crippen LogP contribution >= 0.6 is 11.3 Å². The number of nitrogens with zero attached hydrogens (tertiary/aromatic N) is 3. The molecule has 0 atom stereocenters. The monoisotopic (exact) mass is 412 g/mol. The Hall–Kier alpha value is -3.46. The Morgan fingerprint density at radius 1 is 1.14 bits per heavy atom. The highest BCUT2D eigenvalue weighted by molar-refractivity contribution is 7.14. The van der Waals surface area contributed by atoms with Gasteiger partial charge in [0.15, 0.2) is 22.5 Å². The van der Waals surface area contributed by atoms with E-state index in [0.29, 0.717) is 28.6 Å². The quantitative estimate of drug-likeness (QED) is 0.548. The van der Waals surface area contributed by atoms with Crippen molar-refractivity contribution >= 4 is 33.1 Å². The average molecular weight is 412 g/mol. The molecule has 146 valence electrons. The number of rotatable bonds is 4. The minimum atomic E-state index is -0.974. The first-order valence-electron chi connectivity index (χ1n) is 8.70. The zero-order valence-electron chi connectivity index (χ0n) is 15.1. The predicted octanol–water partition coefficient (Wildman–Crippen LogP) is 4.07. The van der Waals surface area contributed by atoms with E-state index in [-0.39, 0.29) is 16.4 Å². The first kappa shape index (κ1) is 18.9. The summed E-state index contributed by atoms with van der Waals surface area (Å²) in [4.78, 5) is 29.5. The number of thiazole rings is 1. The maximum Gasteiger partial charge on any atom is 0.278 e. The molecule has 29 heavy (non-hydrogen) atoms. The molecule has 9 heteroatoms. The molecule has 2 aromatic heterocycles. The maximum atomic E-state index is 13.5. The topological polar surface area (TPSA) is 76.9 Å². The minimum absolute atomic E-state index is 0.103. The highest BCUT2D eigenvalue weighted by Crippen LogP contribution is 2.26. The molecule has 0 unspecified atom stereocenters. The van der Waals surface area contributed by atoms with Gasteiger partial charge in [0, 0.05) is 22.9 Å². The van der Waals surface area contributed by atoms with E-state index < -0.39 is 17.5 Å². The van der Waals surface area contributed by atoms with Crippen LogP contribution < -0.4 is 10.9 Å². The van der Waals surface area contributed by atoms with Gasteiger partial charge in [-0.2, -0.15) is 5.10 Å². The third kappa shape index (κ3) is 3.52. The van der Waals surface area contributed by atoms with Crippen molar-refractivity contribution in [3.63, 3.8) is 0 Å². The van der Waals surface area contributed by atoms with E-state index in [4.69, 9.17) is 0 Å². The number of aryl methyl sites for hydroxylation is 1. The van der Waals surface area contributed by atoms with Gasteiger partial charge in [0.25, 0.3) is 11.5 Å². The summed E-state index contributed by atoms with van der Waals surface area (Å²) in [6, 6.07) is 10.2. The predicted molar refractivity (Wildman–Crippen MR) is 107 cm³/mol. The van der Waals surface area contributed by atoms with Gasteiger partial charge in [-0.05, 0) is 31.2 Å². The lowest BCUT2D eigenvalue weighted by atomic mass is 10.1. The Labute approximate surface area is 167 Å². The van der Waals surface area contributed by atoms with Crippen LogP contribution in [0.1, 0.15) is 17.4 Å². The summed E-state index contributed by atoms with van der Waals surface area (Å²) in [5.41, 5.74) is 0.630. The van der Waals surface area contributed by atoms with Gasteiger partial charge in [-0.15, -0.1) is 11.3 Å². The van der Waals surface area contributed by atoms with Gasteiger partial charge in [0.1, 0.15) is 0 Å². The third-order valence-electron chi connectivity index (χ3n) is 4.32. The van der Waals surface area contributed by atoms with Crippen molar-refractivity contribution < 1.29 is 13.6 Å². The summed E-state index contributed by atoms with van der Waals surface area (Å²) in [5.74, 6) is -2.44. The van der Waals surface area contributed by atoms with E-state index in [9.17, 15) is 18.4 Å². The number of carbonyl (C=O) groups is 1. The van der Waals surface area contributed by atoms with Crippen LogP contribution in [0, 0.1) is 11.6 Å². The molecular weight excluding hydrogens is 398 g/mol. The van der Waals surface area contributed by atoms with Gasteiger partial charge in [0.05, 0.1) is 11.1 Å². The van der Waals surface area contributed by atoms with Crippen molar-refractivity contribution in [2.75, 3.05) is 5.32 Å². The van der Waals surface area contributed by atoms with E-state index in [1.54, 1.807) is 36.6 Å². The van der Waals surface area contributed by atoms with Crippen LogP contribution in [0.25, 0.3) is 22.0 Å². The second kappa shape index (κ2) is 7.51. The molecule has 0 spiro atoms. The van der Waals surface area contributed by atoms with E-state index in [0.717, 1.165) is 23.5 Å². The molecule has 2 heterocycles. The highest BCUT2D eigenvalue weighted by Gasteiger charge is 2.18. The lowest BCUT2D eigenvalue weighted by Gasteiger charge is -2.09. The minimum Gasteiger partial charge on any atom is -0.296 e. The SMILES string of the molecule is CCn1nc(C(=O)Nc2nc(-c3ccc(F)c(F)c3)cs2)c2ccccc2c1=O. The molecule has 0 saturated heterocycles. The summed E-state index contributed by atoms with van der Waals surface area (Å²) >= 11 is 1.14. The molecule has 1 amide bonds. The van der Waals surface area contributed by atoms with Gasteiger partial charge in [-0.1, -0.05) is 18.2 Å². The Morgan fingerprint density at radius 3 is 2.62 bits per heavy atom. The lowest BCUT2D eigenvalue weighted by molar-refractivity contribution is 0.102. The van der Waals surface area contributed by atoms with E-state index in [1.165, 1.54) is 10.7 Å². The molecular formula is C20H14F2N4O2S. The maximum absolute atomic E-state index is 13.5. The van der Waals surface area contributed by atoms with Crippen LogP contribution in [0.5, 0.6) is 0 Å². The largest absolute Gasteiger partial charge is 0.296 e. The van der Waals surface area contributed by atoms with E-state index in [2.05, 4.69) is 15.4 Å². The number of benzene rings is 2. The summed E-state index contributed by atoms with van der Waals surface area (Å²) in [7, 11) is 0. The van der Waals surface area contributed by atoms with Gasteiger partial charge < -0.3 is 0 Å². The van der Waals surface area contributed by atoms with Crippen LogP contribution in [0.3, 0.4) is 0 Å². The lowest BCUT2D eigenvalue weighted by Crippen LogP contribution is -2.27. The van der Waals surface area contributed by atoms with Crippen molar-refractivity contribution in [3.05, 3.63) is 75.5 Å². The van der Waals surface area contributed by atoms with Gasteiger partial charge in [-0.25, -0.2) is 18.4 Å². The second-order valence-corrected chi connectivity index (χ2v) is 6.99. The highest BCUT2D eigenvalue weighted by atomic mass is 32.1. The molecule has 0 aliphatic carbocycles. The molecule has 0 fully saturated rings. The summed E-state index contributed by atoms with van der Waals surface area (Å²) in [5, 5.41) is 9.58. The van der Waals surface area contributed by atoms with Gasteiger partial charge in [0.2, 0.25) is 0 Å². The smallest absolute Gasteiger partial charge is 0.278 e. The van der Waals surface area contributed by atoms with Crippen molar-refractivity contribution in [2.24, 2.45) is 0 Å². The molecule has 4 aromatic rings. The van der Waals surface area contributed by atoms with E-state index in [1.807, 2.05) is 0 Å². The number of halogens is 2. The number of amides is 1. The van der Waals surface area contributed by atoms with Crippen LogP contribution in [-0.4, -0.2) is 20.7 Å². The molecule has 0 saturated carbocycles. The molecule has 1 N–H and O–H groups in total. The Morgan fingerprint density at radius 2 is 1.90 bits per heavy atom. The fourth-order valence-corrected chi connectivity index (χ4v) is 3.61. The molecule has 4 rings (SSSR count). The van der Waals surface area contributed by atoms with E-state index >= 15 is 0 Å². The standard InChI is InChI=1S/C20H14F2N4O2S/c1-2-26-19(28)13-6-4-3-5-12(13)17(25-26)18(27)24-20-23-16(10-29-20)11-7-8-14(21)15(22)9-11/h3-10H,2H2,1H3,(H,23,24,27). The van der Waals surface area contributed by atoms with Gasteiger partial charge in [-0.3, -0.25) is 14.9 Å². The normalized spacial score (nSPS) is 11.0. The summed E-state index contributed by atoms with van der Waals surface area (Å²) < 4.78 is 27.8. The van der Waals surface area contributed by atoms with Crippen LogP contribution in [0.2, 0.25) is 0 Å². The van der Waals surface area contributed by atoms with Crippen LogP contribution in [-0.2, 0) is 6.54 Å². The fraction of sp³-hybridized carbons (Fsp3) is 0.100. The molecule has 0 aliphatic heterocycles. The zero-order chi connectivity index (χ0) is 20.5. The number of fused-ring (bicyclic) bond motifs is 1. The average Bonchev–Trinajstić information content (AvgIpc) is 3.19. The first-order chi connectivity index (χ1) is 14.0. The number of hydrogen-bond acceptors (Lipinski definition) is 5. The first-order valence-corrected chi connectivity index (χ1v) is 9.58. The molecule has 0 radical (unpaired) electrons. The molecule has 0 bridgehead atoms. The van der Waals surface area contributed by atoms with Crippen molar-refractivity contribution in [3.8, 4) is 11.3 Å². The van der Waals surface area contributed by atoms with Crippen LogP contribution in [0.15, 0.2) is 52.6 Å². The summed E-state index contributed by atoms with van der Waals surface area (Å²) in [6.45, 7) is 2.08. The molecule has 2 aromatic carbocycles. The summed E-state index contributed by atoms with van der Waals surface area (Å²) in [6.07, 6.45) is 0. The molecule has 6 nitrogen and oxygen atoms in total. The van der Waals surface area contributed by atoms with Gasteiger partial charge >= 0.3 is 0 Å². The Balaban J connectivity index is 1.67. The fourth-order valence-electron chi connectivity index (χ4n) is 2.89. The third-order valence-corrected chi connectivity index (χ3v) is 5.08. The number of nitrogens with one attached hydrogen (secondary N) is 1. The number of anilines is 1.